The number of hydrogen-bond acceptors (Lipinski definition) is 4. The average molecular weight is 1670 g/mol. The standard InChI is InChI=1S/4C8H16.4C8H14.2C8H10.4C7H14O.CH4.Y.2H2/c10*1-7-3-5-8(2)6-4-7;4*1-6-3-4-7(2)8-5-6;;;;/h4*7-8H,3-6H2,1-2H3;4*3,8H,4-6H2,1-2H3;2*3-6H,1-2H3;4*6-7H,3-5H2,1-2H3;1H4;;2*1H. The molecule has 0 bridgehead atoms. The number of hydrogen-bond donors (Lipinski definition) is 0. The molecule has 0 N–H and O–H groups in total. The summed E-state index contributed by atoms with van der Waals surface area (Å²) in [4.78, 5) is 0. The number of benzene rings is 2. The summed E-state index contributed by atoms with van der Waals surface area (Å²) in [6.45, 7) is 67.0. The molecule has 12 atom stereocenters. The molecule has 2 aromatic carbocycles. The third kappa shape index (κ3) is 68.9. The van der Waals surface area contributed by atoms with Crippen LogP contribution < -0.4 is 0 Å². The molecular weight excluding hydrogens is 1460 g/mol. The van der Waals surface area contributed by atoms with Crippen molar-refractivity contribution in [3.05, 3.63) is 117 Å². The molecule has 12 aliphatic rings. The molecule has 5 heteroatoms. The Labute approximate surface area is 744 Å². The average Bonchev–Trinajstić information content (AvgIpc) is 1.25. The fourth-order valence-corrected chi connectivity index (χ4v) is 15.4. The molecule has 4 saturated heterocycles. The van der Waals surface area contributed by atoms with Crippen molar-refractivity contribution in [2.24, 2.45) is 94.7 Å². The second-order valence-electron chi connectivity index (χ2n) is 40.8. The van der Waals surface area contributed by atoms with E-state index in [2.05, 4.69) is 267 Å². The predicted octanol–water partition coefficient (Wildman–Crippen LogP) is 35.4. The van der Waals surface area contributed by atoms with Gasteiger partial charge in [-0.05, 0) is 306 Å². The van der Waals surface area contributed by atoms with Crippen LogP contribution in [0.15, 0.2) is 95.1 Å². The Morgan fingerprint density at radius 3 is 0.412 bits per heavy atom. The van der Waals surface area contributed by atoms with E-state index in [0.29, 0.717) is 24.4 Å². The van der Waals surface area contributed by atoms with Crippen LogP contribution in [0.3, 0.4) is 0 Å². The van der Waals surface area contributed by atoms with Crippen molar-refractivity contribution in [3.63, 3.8) is 0 Å². The normalized spacial score (nSPS) is 32.0. The van der Waals surface area contributed by atoms with Crippen LogP contribution in [0.1, 0.15) is 430 Å². The summed E-state index contributed by atoms with van der Waals surface area (Å²) < 4.78 is 21.6. The SMILES string of the molecule is C.CC1=CCC(C)CC1.CC1=CCC(C)CC1.CC1=CCC(C)CC1.CC1=CCC(C)CC1.CC1CCC(C)CC1.CC1CCC(C)CC1.CC1CCC(C)CC1.CC1CCC(C)CC1.CC1CCC(C)OC1.CC1CCC(C)OC1.CC1CCC(C)OC1.CC1CCC(C)OC1.Cc1ccc(C)cc1.Cc1ccc(C)cc1.[HH].[HH].[Y]. The largest absolute Gasteiger partial charge is 0.378 e. The van der Waals surface area contributed by atoms with E-state index in [4.69, 9.17) is 18.9 Å². The van der Waals surface area contributed by atoms with Gasteiger partial charge >= 0.3 is 0 Å². The Morgan fingerprint density at radius 2 is 0.325 bits per heavy atom. The minimum absolute atomic E-state index is 0. The Bertz CT molecular complexity index is 2060. The number of ether oxygens (including phenoxy) is 4. The molecule has 4 nitrogen and oxygen atoms in total. The first-order chi connectivity index (χ1) is 53.0. The van der Waals surface area contributed by atoms with Crippen LogP contribution in [0, 0.1) is 122 Å². The van der Waals surface area contributed by atoms with Gasteiger partial charge in [0.1, 0.15) is 0 Å². The van der Waals surface area contributed by atoms with Crippen molar-refractivity contribution in [2.45, 2.75) is 457 Å². The maximum atomic E-state index is 5.39. The third-order valence-corrected chi connectivity index (χ3v) is 26.2. The van der Waals surface area contributed by atoms with Crippen LogP contribution >= 0.6 is 0 Å². The predicted molar refractivity (Wildman–Crippen MR) is 512 cm³/mol. The fourth-order valence-electron chi connectivity index (χ4n) is 15.4. The molecule has 4 heterocycles. The van der Waals surface area contributed by atoms with Gasteiger partial charge in [0, 0.05) is 62.0 Å². The van der Waals surface area contributed by atoms with Crippen molar-refractivity contribution < 1.29 is 54.5 Å². The van der Waals surface area contributed by atoms with E-state index in [1.807, 2.05) is 0 Å². The van der Waals surface area contributed by atoms with E-state index >= 15 is 0 Å². The molecule has 12 unspecified atom stereocenters. The van der Waals surface area contributed by atoms with Crippen LogP contribution in [0.4, 0.5) is 0 Å². The van der Waals surface area contributed by atoms with Crippen LogP contribution in [0.2, 0.25) is 0 Å². The maximum Gasteiger partial charge on any atom is 0.0547 e. The van der Waals surface area contributed by atoms with Gasteiger partial charge in [-0.3, -0.25) is 0 Å². The molecule has 4 saturated carbocycles. The summed E-state index contributed by atoms with van der Waals surface area (Å²) in [6, 6.07) is 17.0. The maximum absolute atomic E-state index is 5.39. The zero-order valence-corrected chi connectivity index (χ0v) is 83.8. The van der Waals surface area contributed by atoms with Crippen molar-refractivity contribution in [1.29, 1.82) is 0 Å². The zero-order chi connectivity index (χ0) is 83.8. The zero-order valence-electron chi connectivity index (χ0n) is 81.0. The van der Waals surface area contributed by atoms with Crippen molar-refractivity contribution >= 4 is 0 Å². The van der Waals surface area contributed by atoms with Crippen molar-refractivity contribution in [2.75, 3.05) is 26.4 Å². The van der Waals surface area contributed by atoms with E-state index in [1.54, 1.807) is 22.3 Å². The molecule has 8 fully saturated rings. The first kappa shape index (κ1) is 114. The van der Waals surface area contributed by atoms with Crippen LogP contribution in [-0.2, 0) is 51.7 Å². The molecule has 14 rings (SSSR count). The number of allylic oxidation sites excluding steroid dienone is 8. The molecule has 667 valence electrons. The number of aryl methyl sites for hydroxylation is 4. The van der Waals surface area contributed by atoms with Gasteiger partial charge in [0.25, 0.3) is 0 Å². The van der Waals surface area contributed by atoms with Crippen molar-refractivity contribution in [3.8, 4) is 0 Å². The van der Waals surface area contributed by atoms with Crippen LogP contribution in [-0.4, -0.2) is 50.8 Å². The topological polar surface area (TPSA) is 36.9 Å². The summed E-state index contributed by atoms with van der Waals surface area (Å²) >= 11 is 0. The molecule has 8 aliphatic carbocycles. The molecule has 114 heavy (non-hydrogen) atoms. The van der Waals surface area contributed by atoms with E-state index < -0.39 is 0 Å². The summed E-state index contributed by atoms with van der Waals surface area (Å²) in [5.74, 6) is 15.1. The quantitative estimate of drug-likeness (QED) is 0.246. The van der Waals surface area contributed by atoms with Gasteiger partial charge in [0.05, 0.1) is 24.4 Å². The van der Waals surface area contributed by atoms with E-state index in [1.165, 1.54) is 253 Å². The van der Waals surface area contributed by atoms with Gasteiger partial charge in [-0.25, -0.2) is 0 Å². The molecular formula is C109H204O4Y. The Hall–Kier alpha value is -1.66. The third-order valence-electron chi connectivity index (χ3n) is 26.2. The Morgan fingerprint density at radius 1 is 0.193 bits per heavy atom. The summed E-state index contributed by atoms with van der Waals surface area (Å²) in [6.07, 6.45) is 61.7. The monoisotopic (exact) mass is 1670 g/mol. The molecule has 4 aliphatic heterocycles. The van der Waals surface area contributed by atoms with Gasteiger partial charge in [-0.1, -0.05) is 338 Å². The van der Waals surface area contributed by atoms with E-state index in [-0.39, 0.29) is 43.0 Å². The molecule has 0 spiro atoms. The Balaban J connectivity index is -0.000000581. The molecule has 1 radical (unpaired) electrons. The van der Waals surface area contributed by atoms with Gasteiger partial charge in [-0.15, -0.1) is 0 Å². The smallest absolute Gasteiger partial charge is 0.0547 e. The first-order valence-corrected chi connectivity index (χ1v) is 48.2. The minimum Gasteiger partial charge on any atom is -0.378 e. The molecule has 2 aromatic rings. The summed E-state index contributed by atoms with van der Waals surface area (Å²) in [5, 5.41) is 0. The minimum atomic E-state index is 0. The summed E-state index contributed by atoms with van der Waals surface area (Å²) in [7, 11) is 0. The number of rotatable bonds is 0. The summed E-state index contributed by atoms with van der Waals surface area (Å²) in [5.41, 5.74) is 11.7. The fraction of sp³-hybridized carbons (Fsp3) is 0.817. The molecule has 0 aromatic heterocycles. The molecule has 0 amide bonds. The Kier molecular flexibility index (Phi) is 71.1. The van der Waals surface area contributed by atoms with Gasteiger partial charge < -0.3 is 18.9 Å². The van der Waals surface area contributed by atoms with Gasteiger partial charge in [-0.2, -0.15) is 0 Å². The van der Waals surface area contributed by atoms with Crippen LogP contribution in [0.5, 0.6) is 0 Å². The van der Waals surface area contributed by atoms with Gasteiger partial charge in [0.2, 0.25) is 0 Å². The first-order valence-electron chi connectivity index (χ1n) is 48.2. The van der Waals surface area contributed by atoms with Gasteiger partial charge in [0.15, 0.2) is 0 Å². The second kappa shape index (κ2) is 70.8. The van der Waals surface area contributed by atoms with Crippen LogP contribution in [0.25, 0.3) is 0 Å². The second-order valence-corrected chi connectivity index (χ2v) is 40.8. The van der Waals surface area contributed by atoms with Crippen molar-refractivity contribution in [1.82, 2.24) is 0 Å². The van der Waals surface area contributed by atoms with E-state index in [0.717, 1.165) is 121 Å². The van der Waals surface area contributed by atoms with E-state index in [9.17, 15) is 0 Å².